The maximum absolute atomic E-state index is 13.7. The van der Waals surface area contributed by atoms with Crippen LogP contribution in [0, 0.1) is 46.1 Å². The van der Waals surface area contributed by atoms with Crippen LogP contribution in [0.15, 0.2) is 84.9 Å². The van der Waals surface area contributed by atoms with Crippen LogP contribution in [0.5, 0.6) is 0 Å². The van der Waals surface area contributed by atoms with Crippen molar-refractivity contribution in [2.45, 2.75) is 81.2 Å². The molecule has 0 radical (unpaired) electrons. The molecule has 14 nitrogen and oxygen atoms in total. The maximum Gasteiger partial charge on any atom is 0.322 e. The minimum atomic E-state index is -0.527. The summed E-state index contributed by atoms with van der Waals surface area (Å²) in [6, 6.07) is 28.8. The molecule has 0 spiro atoms. The summed E-state index contributed by atoms with van der Waals surface area (Å²) >= 11 is 21.4. The van der Waals surface area contributed by atoms with Crippen molar-refractivity contribution in [2.24, 2.45) is 11.8 Å². The Bertz CT molecular complexity index is 2830. The third-order valence-corrected chi connectivity index (χ3v) is 17.4. The van der Waals surface area contributed by atoms with Crippen molar-refractivity contribution < 1.29 is 23.2 Å². The standard InChI is InChI=1S/C30H36ClFN6O2.C27H31ClFN5O.CH2Cl2/c1-2-34-28(39)37-13-10-36(11-14-37)12-15-38(29(40)35-24-6-7-27(32)26(31)18-24)25-8-9-30(19-23(30)17-25)22-5-3-4-21(16-22)20-33;28-24-16-22(4-5-25(24)29)32-26(35)34(13-12-33-10-8-31-9-11-33)23-6-7-27(17-21(27)15-23)20-3-1-2-19(14-20)18-30;2-1-3/h3-7,16,18,23,25H,2,8-15,17,19H2,1H3,(H,34,39)(H,35,40);1-5,14,16,21,23,31H,6-13,15,17H2,(H,32,35);1H2/t23-,25+,30+;21-,23+,27+;/m00./s1. The molecule has 6 aliphatic rings. The molecule has 4 aromatic rings. The number of carbonyl (C=O) groups excluding carboxylic acids is 3. The Morgan fingerprint density at radius 1 is 0.679 bits per heavy atom. The number of piperazine rings is 2. The minimum absolute atomic E-state index is 0.00445. The van der Waals surface area contributed by atoms with Gasteiger partial charge in [0.1, 0.15) is 11.6 Å². The van der Waals surface area contributed by atoms with E-state index in [0.717, 1.165) is 97.2 Å². The first-order chi connectivity index (χ1) is 37.7. The SMILES string of the molecule is CCNC(=O)N1CCN(CCN(C(=O)Nc2ccc(F)c(Cl)c2)[C@@H]2CC[C@]3(c4cccc(C#N)c4)C[C@@H]3C2)CC1.ClCCl.N#Cc1cccc([C@]23CC[C@@H](N(CCN4CCNCC4)C(=O)Nc4ccc(F)c(Cl)c4)C[C@H]2C3)c1. The Balaban J connectivity index is 0.000000198. The van der Waals surface area contributed by atoms with E-state index in [0.29, 0.717) is 73.6 Å². The number of hydrogen-bond donors (Lipinski definition) is 4. The van der Waals surface area contributed by atoms with E-state index in [1.54, 1.807) is 6.07 Å². The number of benzene rings is 4. The van der Waals surface area contributed by atoms with Gasteiger partial charge in [-0.1, -0.05) is 47.5 Å². The number of nitrogens with one attached hydrogen (secondary N) is 4. The van der Waals surface area contributed by atoms with E-state index in [4.69, 9.17) is 46.4 Å². The lowest BCUT2D eigenvalue weighted by atomic mass is 9.80. The van der Waals surface area contributed by atoms with Gasteiger partial charge in [0.05, 0.1) is 38.6 Å². The molecule has 2 aliphatic heterocycles. The summed E-state index contributed by atoms with van der Waals surface area (Å²) in [5.41, 5.74) is 5.10. The summed E-state index contributed by atoms with van der Waals surface area (Å²) in [7, 11) is 0. The molecule has 4 N–H and O–H groups in total. The predicted octanol–water partition coefficient (Wildman–Crippen LogP) is 11.1. The van der Waals surface area contributed by atoms with Gasteiger partial charge in [0.2, 0.25) is 0 Å². The van der Waals surface area contributed by atoms with Gasteiger partial charge in [-0.2, -0.15) is 10.5 Å². The largest absolute Gasteiger partial charge is 0.338 e. The van der Waals surface area contributed by atoms with Crippen LogP contribution in [-0.2, 0) is 10.8 Å². The molecule has 2 heterocycles. The fraction of sp³-hybridized carbons (Fsp3) is 0.500. The number of alkyl halides is 2. The molecular weight excluding hydrogens is 1080 g/mol. The summed E-state index contributed by atoms with van der Waals surface area (Å²) < 4.78 is 27.3. The Morgan fingerprint density at radius 2 is 1.13 bits per heavy atom. The fourth-order valence-corrected chi connectivity index (χ4v) is 12.8. The number of carbonyl (C=O) groups is 3. The zero-order chi connectivity index (χ0) is 55.4. The molecule has 0 aromatic heterocycles. The second kappa shape index (κ2) is 27.2. The topological polar surface area (TPSA) is 163 Å². The summed E-state index contributed by atoms with van der Waals surface area (Å²) in [5.74, 6) is -0.0412. The molecule has 416 valence electrons. The minimum Gasteiger partial charge on any atom is -0.338 e. The molecule has 6 amide bonds. The van der Waals surface area contributed by atoms with Crippen molar-refractivity contribution in [3.63, 3.8) is 0 Å². The molecule has 6 atom stereocenters. The molecule has 2 saturated heterocycles. The van der Waals surface area contributed by atoms with Crippen LogP contribution in [0.1, 0.15) is 80.5 Å². The average Bonchev–Trinajstić information content (AvgIpc) is 4.41. The van der Waals surface area contributed by atoms with E-state index in [2.05, 4.69) is 55.3 Å². The van der Waals surface area contributed by atoms with Crippen LogP contribution in [0.4, 0.5) is 34.5 Å². The van der Waals surface area contributed by atoms with Crippen LogP contribution in [-0.4, -0.2) is 145 Å². The highest BCUT2D eigenvalue weighted by Crippen LogP contribution is 2.64. The van der Waals surface area contributed by atoms with Gasteiger partial charge in [-0.15, -0.1) is 23.2 Å². The highest BCUT2D eigenvalue weighted by molar-refractivity contribution is 6.40. The number of anilines is 2. The van der Waals surface area contributed by atoms with Crippen molar-refractivity contribution in [3.8, 4) is 12.1 Å². The van der Waals surface area contributed by atoms with E-state index in [9.17, 15) is 33.7 Å². The Kier molecular flexibility index (Phi) is 20.4. The number of amides is 6. The highest BCUT2D eigenvalue weighted by atomic mass is 35.5. The normalized spacial score (nSPS) is 24.1. The van der Waals surface area contributed by atoms with Gasteiger partial charge >= 0.3 is 18.1 Å². The first-order valence-electron chi connectivity index (χ1n) is 27.1. The van der Waals surface area contributed by atoms with Gasteiger partial charge in [0.15, 0.2) is 0 Å². The quantitative estimate of drug-likeness (QED) is 0.0962. The number of fused-ring (bicyclic) bond motifs is 2. The van der Waals surface area contributed by atoms with Crippen molar-refractivity contribution in [3.05, 3.63) is 129 Å². The van der Waals surface area contributed by atoms with Gasteiger partial charge in [0, 0.05) is 109 Å². The van der Waals surface area contributed by atoms with Crippen molar-refractivity contribution in [1.82, 2.24) is 35.1 Å². The zero-order valence-electron chi connectivity index (χ0n) is 44.1. The molecule has 10 rings (SSSR count). The average molecular weight is 1150 g/mol. The lowest BCUT2D eigenvalue weighted by molar-refractivity contribution is 0.116. The second-order valence-corrected chi connectivity index (χ2v) is 22.8. The Hall–Kier alpha value is -5.43. The molecule has 0 bridgehead atoms. The lowest BCUT2D eigenvalue weighted by Gasteiger charge is -2.39. The van der Waals surface area contributed by atoms with Crippen LogP contribution in [0.2, 0.25) is 10.0 Å². The molecule has 4 saturated carbocycles. The van der Waals surface area contributed by atoms with Gasteiger partial charge in [-0.3, -0.25) is 9.80 Å². The maximum atomic E-state index is 13.7. The first-order valence-corrected chi connectivity index (χ1v) is 28.9. The van der Waals surface area contributed by atoms with Gasteiger partial charge in [-0.05, 0) is 153 Å². The monoisotopic (exact) mass is 1150 g/mol. The van der Waals surface area contributed by atoms with Crippen molar-refractivity contribution in [1.29, 1.82) is 10.5 Å². The Labute approximate surface area is 477 Å². The zero-order valence-corrected chi connectivity index (χ0v) is 47.1. The van der Waals surface area contributed by atoms with Crippen molar-refractivity contribution in [2.75, 3.05) is 101 Å². The number of nitriles is 2. The number of hydrogen-bond acceptors (Lipinski definition) is 8. The molecule has 6 fully saturated rings. The van der Waals surface area contributed by atoms with E-state index in [-0.39, 0.29) is 56.4 Å². The molecule has 4 aliphatic carbocycles. The van der Waals surface area contributed by atoms with Crippen LogP contribution in [0.25, 0.3) is 0 Å². The summed E-state index contributed by atoms with van der Waals surface area (Å²) in [5, 5.41) is 30.9. The molecule has 78 heavy (non-hydrogen) atoms. The van der Waals surface area contributed by atoms with Crippen LogP contribution < -0.4 is 21.3 Å². The molecular formula is C58H69Cl4F2N11O3. The Morgan fingerprint density at radius 3 is 1.54 bits per heavy atom. The summed E-state index contributed by atoms with van der Waals surface area (Å²) in [6.45, 7) is 12.0. The van der Waals surface area contributed by atoms with E-state index < -0.39 is 11.6 Å². The van der Waals surface area contributed by atoms with Gasteiger partial charge < -0.3 is 36.0 Å². The van der Waals surface area contributed by atoms with E-state index in [1.807, 2.05) is 58.0 Å². The van der Waals surface area contributed by atoms with Crippen LogP contribution >= 0.6 is 46.4 Å². The van der Waals surface area contributed by atoms with Gasteiger partial charge in [-0.25, -0.2) is 23.2 Å². The predicted molar refractivity (Wildman–Crippen MR) is 304 cm³/mol. The number of nitrogens with zero attached hydrogens (tertiary/aromatic N) is 7. The number of urea groups is 3. The number of halogens is 6. The summed E-state index contributed by atoms with van der Waals surface area (Å²) in [4.78, 5) is 49.7. The molecule has 4 aromatic carbocycles. The fourth-order valence-electron chi connectivity index (χ4n) is 12.4. The molecule has 0 unspecified atom stereocenters. The summed E-state index contributed by atoms with van der Waals surface area (Å²) in [6.07, 6.45) is 7.81. The molecule has 20 heteroatoms. The third kappa shape index (κ3) is 14.5. The number of rotatable bonds is 13. The van der Waals surface area contributed by atoms with E-state index in [1.165, 1.54) is 41.5 Å². The lowest BCUT2D eigenvalue weighted by Crippen LogP contribution is -2.54. The second-order valence-electron chi connectivity index (χ2n) is 21.2. The highest BCUT2D eigenvalue weighted by Gasteiger charge is 2.59. The van der Waals surface area contributed by atoms with Gasteiger partial charge in [0.25, 0.3) is 0 Å². The van der Waals surface area contributed by atoms with Crippen molar-refractivity contribution >= 4 is 75.9 Å². The first kappa shape index (κ1) is 58.7. The van der Waals surface area contributed by atoms with Crippen LogP contribution in [0.3, 0.4) is 0 Å². The third-order valence-electron chi connectivity index (χ3n) is 16.8. The smallest absolute Gasteiger partial charge is 0.322 e. The van der Waals surface area contributed by atoms with E-state index >= 15 is 0 Å².